The highest BCUT2D eigenvalue weighted by Crippen LogP contribution is 2.24. The van der Waals surface area contributed by atoms with E-state index in [-0.39, 0.29) is 11.9 Å². The summed E-state index contributed by atoms with van der Waals surface area (Å²) in [6, 6.07) is 4.36. The molecule has 0 aliphatic carbocycles. The van der Waals surface area contributed by atoms with E-state index >= 15 is 0 Å². The van der Waals surface area contributed by atoms with Crippen LogP contribution in [-0.4, -0.2) is 24.5 Å². The molecule has 0 bridgehead atoms. The van der Waals surface area contributed by atoms with E-state index in [0.717, 1.165) is 28.0 Å². The van der Waals surface area contributed by atoms with Gasteiger partial charge in [-0.2, -0.15) is 0 Å². The minimum absolute atomic E-state index is 0.0460. The molecule has 0 saturated carbocycles. The molecule has 2 heterocycles. The average molecular weight is 331 g/mol. The van der Waals surface area contributed by atoms with Gasteiger partial charge in [-0.05, 0) is 53.9 Å². The van der Waals surface area contributed by atoms with Crippen LogP contribution in [0.5, 0.6) is 0 Å². The van der Waals surface area contributed by atoms with Crippen LogP contribution in [0.25, 0.3) is 0 Å². The third kappa shape index (κ3) is 3.13. The van der Waals surface area contributed by atoms with Crippen molar-refractivity contribution < 1.29 is 4.79 Å². The number of carbonyl (C=O) groups is 1. The van der Waals surface area contributed by atoms with Gasteiger partial charge in [0.25, 0.3) is 5.91 Å². The van der Waals surface area contributed by atoms with Gasteiger partial charge in [0, 0.05) is 12.1 Å². The van der Waals surface area contributed by atoms with E-state index in [9.17, 15) is 4.79 Å². The zero-order chi connectivity index (χ0) is 13.1. The largest absolute Gasteiger partial charge is 0.347 e. The lowest BCUT2D eigenvalue weighted by Crippen LogP contribution is -2.56. The van der Waals surface area contributed by atoms with Gasteiger partial charge in [-0.3, -0.25) is 4.79 Å². The monoisotopic (exact) mass is 330 g/mol. The number of nitrogens with one attached hydrogen (secondary N) is 2. The Labute approximate surface area is 120 Å². The molecule has 3 nitrogen and oxygen atoms in total. The van der Waals surface area contributed by atoms with Crippen LogP contribution in [0.15, 0.2) is 15.9 Å². The molecule has 1 aliphatic heterocycles. The first-order valence-electron chi connectivity index (χ1n) is 6.41. The summed E-state index contributed by atoms with van der Waals surface area (Å²) in [5.74, 6) is 0.623. The molecule has 100 valence electrons. The first kappa shape index (κ1) is 14.0. The van der Waals surface area contributed by atoms with Crippen LogP contribution in [0, 0.1) is 5.92 Å². The Kier molecular flexibility index (Phi) is 4.81. The first-order valence-corrected chi connectivity index (χ1v) is 8.02. The number of hydrogen-bond acceptors (Lipinski definition) is 3. The number of piperidine rings is 1. The molecule has 5 heteroatoms. The van der Waals surface area contributed by atoms with Gasteiger partial charge in [-0.25, -0.2) is 0 Å². The maximum Gasteiger partial charge on any atom is 0.261 e. The summed E-state index contributed by atoms with van der Waals surface area (Å²) in [6.45, 7) is 5.40. The van der Waals surface area contributed by atoms with Crippen LogP contribution in [0.2, 0.25) is 0 Å². The van der Waals surface area contributed by atoms with Crippen molar-refractivity contribution in [1.29, 1.82) is 0 Å². The van der Waals surface area contributed by atoms with Crippen LogP contribution >= 0.6 is 27.3 Å². The summed E-state index contributed by atoms with van der Waals surface area (Å²) in [5, 5.41) is 6.63. The summed E-state index contributed by atoms with van der Waals surface area (Å²) in [6.07, 6.45) is 2.25. The maximum atomic E-state index is 12.2. The van der Waals surface area contributed by atoms with Crippen molar-refractivity contribution in [1.82, 2.24) is 10.6 Å². The van der Waals surface area contributed by atoms with Crippen molar-refractivity contribution in [2.75, 3.05) is 6.54 Å². The van der Waals surface area contributed by atoms with E-state index in [1.807, 2.05) is 12.1 Å². The zero-order valence-corrected chi connectivity index (χ0v) is 13.1. The van der Waals surface area contributed by atoms with Crippen molar-refractivity contribution in [2.24, 2.45) is 5.92 Å². The molecule has 0 spiro atoms. The van der Waals surface area contributed by atoms with Crippen LogP contribution in [0.1, 0.15) is 36.4 Å². The second-order valence-corrected chi connectivity index (χ2v) is 7.27. The summed E-state index contributed by atoms with van der Waals surface area (Å²) < 4.78 is 0.995. The van der Waals surface area contributed by atoms with Gasteiger partial charge in [0.2, 0.25) is 0 Å². The molecule has 0 radical (unpaired) electrons. The van der Waals surface area contributed by atoms with Gasteiger partial charge >= 0.3 is 0 Å². The van der Waals surface area contributed by atoms with E-state index in [4.69, 9.17) is 0 Å². The Morgan fingerprint density at radius 3 is 3.00 bits per heavy atom. The smallest absolute Gasteiger partial charge is 0.261 e. The molecular formula is C13H19BrN2OS. The SMILES string of the molecule is CCC1CCNC(C)C1NC(=O)c1ccc(Br)s1. The molecule has 1 saturated heterocycles. The van der Waals surface area contributed by atoms with Crippen molar-refractivity contribution in [3.8, 4) is 0 Å². The average Bonchev–Trinajstić information content (AvgIpc) is 2.78. The normalized spacial score (nSPS) is 28.1. The number of carbonyl (C=O) groups excluding carboxylic acids is 1. The zero-order valence-electron chi connectivity index (χ0n) is 10.7. The molecule has 1 amide bonds. The highest BCUT2D eigenvalue weighted by atomic mass is 79.9. The van der Waals surface area contributed by atoms with Crippen LogP contribution in [0.4, 0.5) is 0 Å². The molecule has 2 N–H and O–H groups in total. The van der Waals surface area contributed by atoms with Crippen molar-refractivity contribution >= 4 is 33.2 Å². The van der Waals surface area contributed by atoms with Crippen LogP contribution < -0.4 is 10.6 Å². The lowest BCUT2D eigenvalue weighted by atomic mass is 9.85. The topological polar surface area (TPSA) is 41.1 Å². The highest BCUT2D eigenvalue weighted by Gasteiger charge is 2.30. The van der Waals surface area contributed by atoms with Crippen molar-refractivity contribution in [3.05, 3.63) is 20.8 Å². The number of rotatable bonds is 3. The fourth-order valence-corrected chi connectivity index (χ4v) is 3.86. The second-order valence-electron chi connectivity index (χ2n) is 4.80. The second kappa shape index (κ2) is 6.17. The van der Waals surface area contributed by atoms with Crippen LogP contribution in [-0.2, 0) is 0 Å². The Morgan fingerprint density at radius 1 is 1.61 bits per heavy atom. The van der Waals surface area contributed by atoms with E-state index in [1.165, 1.54) is 11.3 Å². The Bertz CT molecular complexity index is 421. The van der Waals surface area contributed by atoms with Gasteiger partial charge in [0.15, 0.2) is 0 Å². The molecule has 0 aromatic carbocycles. The Balaban J connectivity index is 2.04. The minimum Gasteiger partial charge on any atom is -0.347 e. The minimum atomic E-state index is 0.0460. The van der Waals surface area contributed by atoms with Crippen molar-refractivity contribution in [2.45, 2.75) is 38.8 Å². The van der Waals surface area contributed by atoms with Gasteiger partial charge < -0.3 is 10.6 Å². The Hall–Kier alpha value is -0.390. The lowest BCUT2D eigenvalue weighted by Gasteiger charge is -2.37. The third-order valence-electron chi connectivity index (χ3n) is 3.65. The fraction of sp³-hybridized carbons (Fsp3) is 0.615. The fourth-order valence-electron chi connectivity index (χ4n) is 2.57. The molecule has 1 aromatic rings. The molecule has 3 unspecified atom stereocenters. The van der Waals surface area contributed by atoms with Crippen molar-refractivity contribution in [3.63, 3.8) is 0 Å². The summed E-state index contributed by atoms with van der Waals surface area (Å²) >= 11 is 4.87. The van der Waals surface area contributed by atoms with E-state index in [1.54, 1.807) is 0 Å². The summed E-state index contributed by atoms with van der Waals surface area (Å²) in [5.41, 5.74) is 0. The lowest BCUT2D eigenvalue weighted by molar-refractivity contribution is 0.0894. The van der Waals surface area contributed by atoms with Gasteiger partial charge in [0.1, 0.15) is 0 Å². The Morgan fingerprint density at radius 2 is 2.39 bits per heavy atom. The number of amides is 1. The molecule has 3 atom stereocenters. The summed E-state index contributed by atoms with van der Waals surface area (Å²) in [4.78, 5) is 13.0. The maximum absolute atomic E-state index is 12.2. The first-order chi connectivity index (χ1) is 8.61. The number of hydrogen-bond donors (Lipinski definition) is 2. The summed E-state index contributed by atoms with van der Waals surface area (Å²) in [7, 11) is 0. The molecule has 1 aliphatic rings. The number of halogens is 1. The van der Waals surface area contributed by atoms with Crippen LogP contribution in [0.3, 0.4) is 0 Å². The third-order valence-corrected chi connectivity index (χ3v) is 5.27. The van der Waals surface area contributed by atoms with Gasteiger partial charge in [0.05, 0.1) is 8.66 Å². The van der Waals surface area contributed by atoms with E-state index in [0.29, 0.717) is 12.0 Å². The quantitative estimate of drug-likeness (QED) is 0.894. The number of thiophene rings is 1. The van der Waals surface area contributed by atoms with Gasteiger partial charge in [-0.1, -0.05) is 13.3 Å². The molecule has 1 fully saturated rings. The molecular weight excluding hydrogens is 312 g/mol. The highest BCUT2D eigenvalue weighted by molar-refractivity contribution is 9.11. The van der Waals surface area contributed by atoms with Gasteiger partial charge in [-0.15, -0.1) is 11.3 Å². The predicted molar refractivity (Wildman–Crippen MR) is 79.1 cm³/mol. The standard InChI is InChI=1S/C13H19BrN2OS/c1-3-9-6-7-15-8(2)12(9)16-13(17)10-4-5-11(14)18-10/h4-5,8-9,12,15H,3,6-7H2,1-2H3,(H,16,17). The van der Waals surface area contributed by atoms with E-state index in [2.05, 4.69) is 40.4 Å². The van der Waals surface area contributed by atoms with E-state index < -0.39 is 0 Å². The predicted octanol–water partition coefficient (Wildman–Crippen LogP) is 3.02. The molecule has 1 aromatic heterocycles. The molecule has 18 heavy (non-hydrogen) atoms. The molecule has 2 rings (SSSR count).